The first-order chi connectivity index (χ1) is 29.8. The van der Waals surface area contributed by atoms with E-state index in [1.807, 2.05) is 167 Å². The predicted octanol–water partition coefficient (Wildman–Crippen LogP) is 15.1. The van der Waals surface area contributed by atoms with Gasteiger partial charge in [-0.15, -0.1) is 0 Å². The molecule has 62 heavy (non-hydrogen) atoms. The van der Waals surface area contributed by atoms with Gasteiger partial charge in [0.2, 0.25) is 0 Å². The molecule has 1 heterocycles. The van der Waals surface area contributed by atoms with Crippen LogP contribution in [0.3, 0.4) is 0 Å². The van der Waals surface area contributed by atoms with Gasteiger partial charge in [-0.2, -0.15) is 11.4 Å². The summed E-state index contributed by atoms with van der Waals surface area (Å²) in [5.41, 5.74) is 9.32. The van der Waals surface area contributed by atoms with Crippen LogP contribution in [0.5, 0.6) is 5.75 Å². The van der Waals surface area contributed by atoms with E-state index in [9.17, 15) is 27.1 Å². The van der Waals surface area contributed by atoms with Gasteiger partial charge in [-0.05, 0) is 38.2 Å². The summed E-state index contributed by atoms with van der Waals surface area (Å²) in [5, 5.41) is 11.9. The van der Waals surface area contributed by atoms with Crippen molar-refractivity contribution < 1.29 is 45.0 Å². The van der Waals surface area contributed by atoms with E-state index in [0.717, 1.165) is 65.9 Å². The third kappa shape index (κ3) is 10.6. The van der Waals surface area contributed by atoms with Gasteiger partial charge in [-0.25, -0.2) is 0 Å². The zero-order chi connectivity index (χ0) is 44.4. The van der Waals surface area contributed by atoms with E-state index < -0.39 is 58.1 Å². The van der Waals surface area contributed by atoms with Crippen molar-refractivity contribution in [3.63, 3.8) is 0 Å². The Labute approximate surface area is 375 Å². The van der Waals surface area contributed by atoms with E-state index in [4.69, 9.17) is 0 Å². The van der Waals surface area contributed by atoms with E-state index in [0.29, 0.717) is 0 Å². The summed E-state index contributed by atoms with van der Waals surface area (Å²) in [6.07, 6.45) is 0. The molecule has 0 unspecified atom stereocenters. The minimum atomic E-state index is -2.17. The summed E-state index contributed by atoms with van der Waals surface area (Å²) in [6.45, 7) is 7.77. The van der Waals surface area contributed by atoms with Crippen molar-refractivity contribution >= 4 is 26.0 Å². The Morgan fingerprint density at radius 3 is 1.16 bits per heavy atom. The smallest absolute Gasteiger partial charge is 0.132 e. The van der Waals surface area contributed by atoms with Crippen molar-refractivity contribution in [2.24, 2.45) is 3.50 Å². The number of nitrogens with zero attached hydrogens (tertiary/aromatic N) is 2. The number of halogens is 6. The Bertz CT molecular complexity index is 2570. The van der Waals surface area contributed by atoms with E-state index in [-0.39, 0.29) is 5.75 Å². The molecule has 0 aliphatic rings. The molecule has 0 bridgehead atoms. The molecule has 0 aliphatic heterocycles. The van der Waals surface area contributed by atoms with Gasteiger partial charge in [-0.1, -0.05) is 147 Å². The van der Waals surface area contributed by atoms with Crippen LogP contribution in [-0.2, 0) is 23.3 Å². The second kappa shape index (κ2) is 20.8. The quantitative estimate of drug-likeness (QED) is 0.0749. The van der Waals surface area contributed by atoms with Crippen LogP contribution in [0.15, 0.2) is 172 Å². The molecule has 0 saturated carbocycles. The number of benzene rings is 7. The average Bonchev–Trinajstić information content (AvgIpc) is 3.69. The molecule has 0 saturated heterocycles. The van der Waals surface area contributed by atoms with E-state index in [1.54, 1.807) is 4.40 Å². The van der Waals surface area contributed by atoms with Crippen molar-refractivity contribution in [2.45, 2.75) is 33.1 Å². The van der Waals surface area contributed by atoms with Gasteiger partial charge in [0.1, 0.15) is 5.75 Å². The van der Waals surface area contributed by atoms with Crippen LogP contribution in [0, 0.1) is 42.9 Å². The van der Waals surface area contributed by atoms with Crippen LogP contribution in [0.1, 0.15) is 30.8 Å². The number of hydrogen-bond donors (Lipinski definition) is 1. The van der Waals surface area contributed by atoms with Gasteiger partial charge < -0.3 is 10.1 Å². The number of aryl methyl sites for hydroxylation is 2. The molecule has 8 rings (SSSR count). The van der Waals surface area contributed by atoms with Crippen LogP contribution < -0.4 is 4.98 Å². The van der Waals surface area contributed by atoms with Gasteiger partial charge in [0.15, 0.2) is 0 Å². The van der Waals surface area contributed by atoms with Crippen molar-refractivity contribution in [1.82, 2.24) is 4.98 Å². The van der Waals surface area contributed by atoms with Crippen LogP contribution in [0.4, 0.5) is 27.6 Å². The number of hydrogen-bond acceptors (Lipinski definition) is 2. The molecule has 0 aliphatic carbocycles. The topological polar surface area (TPSA) is 46.7 Å². The number of aromatic nitrogens is 1. The molecule has 1 aromatic heterocycles. The van der Waals surface area contributed by atoms with Crippen molar-refractivity contribution in [3.05, 3.63) is 214 Å². The van der Waals surface area contributed by atoms with Crippen molar-refractivity contribution in [3.8, 4) is 50.3 Å². The molecule has 1 N–H and O–H groups in total. The monoisotopic (exact) mass is 981 g/mol. The molecule has 0 atom stereocenters. The summed E-state index contributed by atoms with van der Waals surface area (Å²) in [4.78, 5) is 4.11. The zero-order valence-corrected chi connectivity index (χ0v) is 37.8. The molecule has 10 heteroatoms. The third-order valence-corrected chi connectivity index (χ3v) is 13.0. The van der Waals surface area contributed by atoms with Gasteiger partial charge in [0.05, 0.1) is 0 Å². The van der Waals surface area contributed by atoms with Gasteiger partial charge in [-0.3, -0.25) is 0 Å². The maximum Gasteiger partial charge on any atom is 0.132 e. The number of phenols is 1. The Kier molecular flexibility index (Phi) is 15.3. The normalized spacial score (nSPS) is 10.8. The molecular formula is C52H41BrF5MoN2O-. The molecule has 0 amide bonds. The minimum absolute atomic E-state index is 0.281. The maximum absolute atomic E-state index is 13.5. The van der Waals surface area contributed by atoms with E-state index >= 15 is 0 Å². The first-order valence-corrected chi connectivity index (χ1v) is 22.3. The largest absolute Gasteiger partial charge is 0.665 e. The van der Waals surface area contributed by atoms with Crippen molar-refractivity contribution in [2.75, 3.05) is 0 Å². The summed E-state index contributed by atoms with van der Waals surface area (Å²) >= 11 is 2.50. The van der Waals surface area contributed by atoms with Crippen LogP contribution >= 0.6 is 15.9 Å². The fraction of sp³-hybridized carbons (Fsp3) is 0.0962. The Balaban J connectivity index is 0.000000186. The minimum Gasteiger partial charge on any atom is -0.665 e. The van der Waals surface area contributed by atoms with Gasteiger partial charge in [0.25, 0.3) is 0 Å². The maximum atomic E-state index is 13.5. The standard InChI is InChI=1S/C30H21BrO.C10H12.C6F5N.C6H8N.Mo/c31-29-25(21-13-5-1-6-14-21)27(23-17-9-3-10-18-23)30(32)28(24-19-11-4-12-20-24)26(29)22-15-7-2-8-16-22;1-10(2,3)9-7-5-4-6-8-9;7-1-2(8)4(10)6(12)5(11)3(1)9;1-5-3-4-6(2)7-5;/h1-20,32H;1,4-8H,2-3H3;;3-4H,1-2H3;/q;;;-1;. The van der Waals surface area contributed by atoms with Crippen LogP contribution in [-0.4, -0.2) is 9.51 Å². The second-order valence-electron chi connectivity index (χ2n) is 14.7. The van der Waals surface area contributed by atoms with E-state index in [1.165, 1.54) is 0 Å². The predicted molar refractivity (Wildman–Crippen MR) is 241 cm³/mol. The summed E-state index contributed by atoms with van der Waals surface area (Å²) < 4.78 is 72.7. The zero-order valence-electron chi connectivity index (χ0n) is 34.2. The molecule has 7 aromatic carbocycles. The number of phenolic OH excluding ortho intramolecular Hbond substituents is 1. The Morgan fingerprint density at radius 2 is 0.823 bits per heavy atom. The number of aromatic hydroxyl groups is 1. The average molecular weight is 981 g/mol. The molecule has 0 fully saturated rings. The SMILES string of the molecule is CC(C)([CH]=[Mo]=[N]c1c(F)c(F)c(F)c(F)c1F)c1ccccc1.Cc1ccc(C)[n-]1.Oc1c(-c2ccccc2)c(-c2ccccc2)c(Br)c(-c2ccccc2)c1-c1ccccc1. The fourth-order valence-electron chi connectivity index (χ4n) is 6.64. The molecular weight excluding hydrogens is 939 g/mol. The van der Waals surface area contributed by atoms with Crippen LogP contribution in [0.25, 0.3) is 44.5 Å². The fourth-order valence-corrected chi connectivity index (χ4v) is 9.26. The molecule has 0 spiro atoms. The Morgan fingerprint density at radius 1 is 0.500 bits per heavy atom. The van der Waals surface area contributed by atoms with Gasteiger partial charge in [0, 0.05) is 26.7 Å². The summed E-state index contributed by atoms with van der Waals surface area (Å²) in [5.74, 6) is -9.62. The van der Waals surface area contributed by atoms with Crippen molar-refractivity contribution in [1.29, 1.82) is 0 Å². The molecule has 0 radical (unpaired) electrons. The number of rotatable bonds is 7. The van der Waals surface area contributed by atoms with Crippen LogP contribution in [0.2, 0.25) is 0 Å². The Hall–Kier alpha value is -5.89. The second-order valence-corrected chi connectivity index (χ2v) is 17.0. The van der Waals surface area contributed by atoms with Gasteiger partial charge >= 0.3 is 138 Å². The third-order valence-electron chi connectivity index (χ3n) is 9.78. The summed E-state index contributed by atoms with van der Waals surface area (Å²) in [7, 11) is 0. The molecule has 314 valence electrons. The first kappa shape index (κ1) is 45.6. The van der Waals surface area contributed by atoms with E-state index in [2.05, 4.69) is 48.7 Å². The first-order valence-electron chi connectivity index (χ1n) is 19.4. The summed E-state index contributed by atoms with van der Waals surface area (Å²) in [6, 6.07) is 54.0. The molecule has 3 nitrogen and oxygen atoms in total. The molecule has 8 aromatic rings.